The van der Waals surface area contributed by atoms with E-state index in [0.717, 1.165) is 30.0 Å². The highest BCUT2D eigenvalue weighted by Gasteiger charge is 2.31. The van der Waals surface area contributed by atoms with Gasteiger partial charge in [-0.25, -0.2) is 9.59 Å². The molecular weight excluding hydrogens is 664 g/mol. The van der Waals surface area contributed by atoms with Gasteiger partial charge < -0.3 is 44.9 Å². The molecule has 3 aromatic carbocycles. The van der Waals surface area contributed by atoms with Crippen LogP contribution in [0.15, 0.2) is 65.2 Å². The Morgan fingerprint density at radius 2 is 1.81 bits per heavy atom. The summed E-state index contributed by atoms with van der Waals surface area (Å²) in [7, 11) is 1.69. The van der Waals surface area contributed by atoms with Gasteiger partial charge in [0.15, 0.2) is 5.76 Å². The second-order valence-electron chi connectivity index (χ2n) is 13.6. The first-order chi connectivity index (χ1) is 24.9. The Balaban J connectivity index is 1.38. The van der Waals surface area contributed by atoms with E-state index in [0.29, 0.717) is 40.9 Å². The van der Waals surface area contributed by atoms with Gasteiger partial charge in [-0.3, -0.25) is 4.79 Å². The zero-order chi connectivity index (χ0) is 37.4. The maximum Gasteiger partial charge on any atom is 0.323 e. The normalized spacial score (nSPS) is 19.2. The van der Waals surface area contributed by atoms with Gasteiger partial charge in [0.2, 0.25) is 0 Å². The fraction of sp³-hybridized carbons (Fsp3) is 0.436. The third-order valence-electron chi connectivity index (χ3n) is 9.41. The monoisotopic (exact) mass is 714 g/mol. The molecule has 278 valence electrons. The average Bonchev–Trinajstić information content (AvgIpc) is 3.44. The number of aliphatic hydroxyl groups is 1. The van der Waals surface area contributed by atoms with Crippen LogP contribution in [0.2, 0.25) is 0 Å². The highest BCUT2D eigenvalue weighted by molar-refractivity contribution is 6.07. The molecule has 4 aromatic rings. The van der Waals surface area contributed by atoms with E-state index in [2.05, 4.69) is 21.1 Å². The largest absolute Gasteiger partial charge is 0.490 e. The first-order valence-electron chi connectivity index (χ1n) is 17.8. The molecule has 5 amide bonds. The summed E-state index contributed by atoms with van der Waals surface area (Å²) in [6.45, 7) is 9.85. The van der Waals surface area contributed by atoms with Crippen molar-refractivity contribution in [2.75, 3.05) is 49.3 Å². The van der Waals surface area contributed by atoms with E-state index in [9.17, 15) is 19.5 Å². The topological polar surface area (TPSA) is 158 Å². The predicted octanol–water partition coefficient (Wildman–Crippen LogP) is 7.05. The number of likely N-dealkylation sites (N-methyl/N-ethyl adjacent to an activating group) is 1. The molecule has 0 aliphatic carbocycles. The van der Waals surface area contributed by atoms with Crippen molar-refractivity contribution in [3.63, 3.8) is 0 Å². The summed E-state index contributed by atoms with van der Waals surface area (Å²) in [5.41, 5.74) is 2.42. The molecule has 0 unspecified atom stereocenters. The number of nitrogens with zero attached hydrogens (tertiary/aromatic N) is 3. The van der Waals surface area contributed by atoms with Crippen LogP contribution >= 0.6 is 0 Å². The summed E-state index contributed by atoms with van der Waals surface area (Å²) >= 11 is 0. The highest BCUT2D eigenvalue weighted by atomic mass is 16.5. The van der Waals surface area contributed by atoms with Crippen LogP contribution in [-0.2, 0) is 4.74 Å². The number of nitrogens with one attached hydrogen (secondary N) is 3. The fourth-order valence-electron chi connectivity index (χ4n) is 6.30. The molecule has 1 aliphatic heterocycles. The maximum atomic E-state index is 14.5. The molecule has 0 saturated heterocycles. The molecule has 4 N–H and O–H groups in total. The predicted molar refractivity (Wildman–Crippen MR) is 201 cm³/mol. The van der Waals surface area contributed by atoms with Gasteiger partial charge in [0.05, 0.1) is 36.1 Å². The van der Waals surface area contributed by atoms with Crippen molar-refractivity contribution in [2.24, 2.45) is 5.92 Å². The number of aromatic nitrogens is 1. The van der Waals surface area contributed by atoms with Gasteiger partial charge in [-0.2, -0.15) is 0 Å². The summed E-state index contributed by atoms with van der Waals surface area (Å²) in [6.07, 6.45) is 1.70. The number of amides is 5. The minimum absolute atomic E-state index is 0.208. The quantitative estimate of drug-likeness (QED) is 0.159. The standard InChI is InChI=1S/C39H50N6O7/c1-24-21-45(25(2)23-46)37(47)32-20-30(40-38(48)41-33-16-11-14-29-13-7-8-15-31(29)33)17-18-34(32)51-26(3)12-9-10-19-50-35(24)22-44(6)39(49)42-36-27(4)43-52-28(36)5/h7-8,11,13-18,20,24-26,35,46H,9-10,12,19,21-23H2,1-6H3,(H,42,49)(H2,40,41,48)/t24-,25+,26-,35+/m1/s1. The third-order valence-corrected chi connectivity index (χ3v) is 9.41. The Morgan fingerprint density at radius 3 is 2.56 bits per heavy atom. The molecule has 0 bridgehead atoms. The van der Waals surface area contributed by atoms with Crippen molar-refractivity contribution in [1.29, 1.82) is 0 Å². The van der Waals surface area contributed by atoms with Crippen LogP contribution in [0, 0.1) is 19.8 Å². The Kier molecular flexibility index (Phi) is 12.7. The number of ether oxygens (including phenoxy) is 2. The number of aliphatic hydroxyl groups excluding tert-OH is 1. The van der Waals surface area contributed by atoms with Gasteiger partial charge in [0, 0.05) is 43.7 Å². The molecule has 0 fully saturated rings. The van der Waals surface area contributed by atoms with Crippen LogP contribution in [0.4, 0.5) is 26.7 Å². The van der Waals surface area contributed by atoms with E-state index in [1.807, 2.05) is 56.3 Å². The lowest BCUT2D eigenvalue weighted by molar-refractivity contribution is -0.0115. The van der Waals surface area contributed by atoms with Gasteiger partial charge in [0.1, 0.15) is 17.1 Å². The number of benzene rings is 3. The second-order valence-corrected chi connectivity index (χ2v) is 13.6. The van der Waals surface area contributed by atoms with Gasteiger partial charge in [0.25, 0.3) is 5.91 Å². The minimum atomic E-state index is -0.555. The summed E-state index contributed by atoms with van der Waals surface area (Å²) in [5.74, 6) is 0.289. The Labute approximate surface area is 304 Å². The smallest absolute Gasteiger partial charge is 0.323 e. The summed E-state index contributed by atoms with van der Waals surface area (Å²) in [4.78, 5) is 44.1. The minimum Gasteiger partial charge on any atom is -0.490 e. The summed E-state index contributed by atoms with van der Waals surface area (Å²) in [5, 5.41) is 24.8. The molecule has 0 radical (unpaired) electrons. The van der Waals surface area contributed by atoms with Crippen molar-refractivity contribution >= 4 is 45.8 Å². The van der Waals surface area contributed by atoms with E-state index in [1.54, 1.807) is 55.8 Å². The number of anilines is 3. The van der Waals surface area contributed by atoms with Crippen LogP contribution in [0.1, 0.15) is 61.8 Å². The lowest BCUT2D eigenvalue weighted by Crippen LogP contribution is -2.48. The molecule has 4 atom stereocenters. The zero-order valence-electron chi connectivity index (χ0n) is 30.8. The van der Waals surface area contributed by atoms with Crippen LogP contribution < -0.4 is 20.7 Å². The van der Waals surface area contributed by atoms with Gasteiger partial charge in [-0.05, 0) is 76.6 Å². The Morgan fingerprint density at radius 1 is 1.04 bits per heavy atom. The van der Waals surface area contributed by atoms with E-state index in [4.69, 9.17) is 14.0 Å². The number of urea groups is 2. The number of hydrogen-bond acceptors (Lipinski definition) is 8. The fourth-order valence-corrected chi connectivity index (χ4v) is 6.30. The second kappa shape index (κ2) is 17.4. The first kappa shape index (κ1) is 38.1. The molecule has 52 heavy (non-hydrogen) atoms. The maximum absolute atomic E-state index is 14.5. The van der Waals surface area contributed by atoms with Crippen molar-refractivity contribution in [3.05, 3.63) is 77.7 Å². The number of rotatable bonds is 7. The van der Waals surface area contributed by atoms with E-state index in [1.165, 1.54) is 0 Å². The number of fused-ring (bicyclic) bond motifs is 2. The van der Waals surface area contributed by atoms with Gasteiger partial charge in [-0.1, -0.05) is 48.5 Å². The van der Waals surface area contributed by atoms with E-state index >= 15 is 0 Å². The van der Waals surface area contributed by atoms with Crippen molar-refractivity contribution in [1.82, 2.24) is 15.0 Å². The molecular formula is C39H50N6O7. The van der Waals surface area contributed by atoms with E-state index in [-0.39, 0.29) is 49.2 Å². The molecule has 13 heteroatoms. The molecule has 2 heterocycles. The zero-order valence-corrected chi connectivity index (χ0v) is 30.8. The van der Waals surface area contributed by atoms with Crippen molar-refractivity contribution in [2.45, 2.75) is 72.1 Å². The van der Waals surface area contributed by atoms with E-state index < -0.39 is 18.2 Å². The highest BCUT2D eigenvalue weighted by Crippen LogP contribution is 2.29. The molecule has 0 saturated carbocycles. The molecule has 13 nitrogen and oxygen atoms in total. The van der Waals surface area contributed by atoms with Crippen molar-refractivity contribution < 1.29 is 33.5 Å². The number of carbonyl (C=O) groups is 3. The lowest BCUT2D eigenvalue weighted by Gasteiger charge is -2.35. The SMILES string of the molecule is Cc1noc(C)c1NC(=O)N(C)C[C@@H]1OCCCC[C@@H](C)Oc2ccc(NC(=O)Nc3cccc4ccccc34)cc2C(=O)N([C@@H](C)CO)C[C@H]1C. The average molecular weight is 715 g/mol. The molecule has 1 aromatic heterocycles. The number of carbonyl (C=O) groups excluding carboxylic acids is 3. The number of aryl methyl sites for hydroxylation is 2. The van der Waals surface area contributed by atoms with Crippen LogP contribution in [0.3, 0.4) is 0 Å². The van der Waals surface area contributed by atoms with Crippen LogP contribution in [0.5, 0.6) is 5.75 Å². The Bertz CT molecular complexity index is 1840. The lowest BCUT2D eigenvalue weighted by atomic mass is 10.0. The van der Waals surface area contributed by atoms with Crippen LogP contribution in [0.25, 0.3) is 10.8 Å². The summed E-state index contributed by atoms with van der Waals surface area (Å²) in [6, 6.07) is 17.1. The first-order valence-corrected chi connectivity index (χ1v) is 17.8. The van der Waals surface area contributed by atoms with Gasteiger partial charge >= 0.3 is 12.1 Å². The molecule has 1 aliphatic rings. The van der Waals surface area contributed by atoms with Gasteiger partial charge in [-0.15, -0.1) is 0 Å². The Hall–Kier alpha value is -5.14. The summed E-state index contributed by atoms with van der Waals surface area (Å²) < 4.78 is 17.9. The molecule has 0 spiro atoms. The molecule has 5 rings (SSSR count). The number of hydrogen-bond donors (Lipinski definition) is 4. The van der Waals surface area contributed by atoms with Crippen LogP contribution in [-0.4, -0.2) is 89.6 Å². The third kappa shape index (κ3) is 9.39. The van der Waals surface area contributed by atoms with Crippen molar-refractivity contribution in [3.8, 4) is 5.75 Å².